The largest absolute Gasteiger partial charge is 0.479 e. The molecule has 4 N–H and O–H groups in total. The highest BCUT2D eigenvalue weighted by molar-refractivity contribution is 5.86. The van der Waals surface area contributed by atoms with Crippen molar-refractivity contribution in [3.8, 4) is 11.1 Å². The summed E-state index contributed by atoms with van der Waals surface area (Å²) in [5.41, 5.74) is 4.39. The summed E-state index contributed by atoms with van der Waals surface area (Å²) in [6.07, 6.45) is -2.46. The molecule has 2 aromatic rings. The number of carbonyl (C=O) groups excluding carboxylic acids is 2. The van der Waals surface area contributed by atoms with Gasteiger partial charge >= 0.3 is 12.1 Å². The van der Waals surface area contributed by atoms with Crippen LogP contribution in [0.15, 0.2) is 48.5 Å². The van der Waals surface area contributed by atoms with Crippen LogP contribution >= 0.6 is 0 Å². The first-order valence-corrected chi connectivity index (χ1v) is 10.1. The molecule has 1 aliphatic rings. The highest BCUT2D eigenvalue weighted by Gasteiger charge is 2.30. The zero-order valence-corrected chi connectivity index (χ0v) is 17.4. The number of ether oxygens (including phenoxy) is 1. The molecule has 31 heavy (non-hydrogen) atoms. The van der Waals surface area contributed by atoms with Crippen molar-refractivity contribution in [2.75, 3.05) is 13.2 Å². The molecule has 0 unspecified atom stereocenters. The topological polar surface area (TPSA) is 125 Å². The minimum absolute atomic E-state index is 0.102. The molecule has 0 radical (unpaired) electrons. The van der Waals surface area contributed by atoms with E-state index in [4.69, 9.17) is 9.84 Å². The maximum absolute atomic E-state index is 12.4. The molecule has 1 aliphatic carbocycles. The van der Waals surface area contributed by atoms with Gasteiger partial charge in [-0.2, -0.15) is 0 Å². The molecular formula is C23H26N2O6. The molecule has 8 nitrogen and oxygen atoms in total. The maximum atomic E-state index is 12.4. The number of amides is 2. The minimum atomic E-state index is -1.72. The molecule has 0 bridgehead atoms. The molecule has 0 fully saturated rings. The third kappa shape index (κ3) is 5.03. The summed E-state index contributed by atoms with van der Waals surface area (Å²) in [4.78, 5) is 35.5. The summed E-state index contributed by atoms with van der Waals surface area (Å²) in [6, 6.07) is 15.0. The van der Waals surface area contributed by atoms with Crippen LogP contribution in [-0.2, 0) is 14.3 Å². The average molecular weight is 426 g/mol. The molecule has 8 heteroatoms. The summed E-state index contributed by atoms with van der Waals surface area (Å²) < 4.78 is 5.46. The van der Waals surface area contributed by atoms with Crippen molar-refractivity contribution in [2.24, 2.45) is 5.92 Å². The van der Waals surface area contributed by atoms with E-state index in [1.807, 2.05) is 48.5 Å². The number of hydrogen-bond donors (Lipinski definition) is 4. The maximum Gasteiger partial charge on any atom is 0.407 e. The van der Waals surface area contributed by atoms with E-state index in [9.17, 15) is 19.5 Å². The Morgan fingerprint density at radius 2 is 1.55 bits per heavy atom. The first-order valence-electron chi connectivity index (χ1n) is 10.1. The Labute approximate surface area is 180 Å². The molecule has 0 heterocycles. The number of benzene rings is 2. The molecule has 0 saturated heterocycles. The van der Waals surface area contributed by atoms with E-state index in [-0.39, 0.29) is 18.4 Å². The van der Waals surface area contributed by atoms with Crippen molar-refractivity contribution in [1.82, 2.24) is 10.6 Å². The molecule has 0 aliphatic heterocycles. The number of rotatable bonds is 8. The lowest BCUT2D eigenvalue weighted by atomic mass is 9.98. The summed E-state index contributed by atoms with van der Waals surface area (Å²) in [5.74, 6) is -2.41. The predicted molar refractivity (Wildman–Crippen MR) is 113 cm³/mol. The van der Waals surface area contributed by atoms with Crippen LogP contribution in [0.3, 0.4) is 0 Å². The highest BCUT2D eigenvalue weighted by atomic mass is 16.5. The predicted octanol–water partition coefficient (Wildman–Crippen LogP) is 2.11. The van der Waals surface area contributed by atoms with E-state index in [1.165, 1.54) is 0 Å². The zero-order valence-electron chi connectivity index (χ0n) is 17.4. The van der Waals surface area contributed by atoms with Gasteiger partial charge in [0.05, 0.1) is 6.54 Å². The summed E-state index contributed by atoms with van der Waals surface area (Å²) in [7, 11) is 0. The minimum Gasteiger partial charge on any atom is -0.479 e. The van der Waals surface area contributed by atoms with Gasteiger partial charge in [0.25, 0.3) is 0 Å². The lowest BCUT2D eigenvalue weighted by Crippen LogP contribution is -2.51. The Kier molecular flexibility index (Phi) is 6.91. The average Bonchev–Trinajstić information content (AvgIpc) is 3.07. The quantitative estimate of drug-likeness (QED) is 0.512. The smallest absolute Gasteiger partial charge is 0.407 e. The molecule has 0 saturated carbocycles. The molecule has 2 aromatic carbocycles. The number of aliphatic hydroxyl groups excluding tert-OH is 1. The number of nitrogens with one attached hydrogen (secondary N) is 2. The van der Waals surface area contributed by atoms with Crippen LogP contribution in [-0.4, -0.2) is 53.5 Å². The van der Waals surface area contributed by atoms with Crippen LogP contribution in [0.4, 0.5) is 4.79 Å². The van der Waals surface area contributed by atoms with Crippen molar-refractivity contribution in [2.45, 2.75) is 31.9 Å². The van der Waals surface area contributed by atoms with Gasteiger partial charge in [0, 0.05) is 5.92 Å². The SMILES string of the molecule is CC(C)[C@@H](NC(=O)OCC1c2ccccc2-c2ccccc21)C(=O)NC[C@H](O)C(=O)O. The molecule has 0 spiro atoms. The van der Waals surface area contributed by atoms with E-state index in [0.29, 0.717) is 0 Å². The van der Waals surface area contributed by atoms with Crippen LogP contribution in [0.1, 0.15) is 30.9 Å². The Hall–Kier alpha value is -3.39. The summed E-state index contributed by atoms with van der Waals surface area (Å²) in [6.45, 7) is 3.14. The van der Waals surface area contributed by atoms with Gasteiger partial charge in [0.2, 0.25) is 5.91 Å². The summed E-state index contributed by atoms with van der Waals surface area (Å²) >= 11 is 0. The van der Waals surface area contributed by atoms with Crippen LogP contribution in [0.25, 0.3) is 11.1 Å². The zero-order chi connectivity index (χ0) is 22.5. The number of aliphatic carboxylic acids is 1. The van der Waals surface area contributed by atoms with Gasteiger partial charge in [-0.3, -0.25) is 4.79 Å². The third-order valence-corrected chi connectivity index (χ3v) is 5.32. The van der Waals surface area contributed by atoms with Crippen LogP contribution in [0, 0.1) is 5.92 Å². The fourth-order valence-corrected chi connectivity index (χ4v) is 3.70. The molecule has 0 aromatic heterocycles. The van der Waals surface area contributed by atoms with Crippen LogP contribution in [0.2, 0.25) is 0 Å². The van der Waals surface area contributed by atoms with Gasteiger partial charge in [-0.15, -0.1) is 0 Å². The Bertz CT molecular complexity index is 929. The highest BCUT2D eigenvalue weighted by Crippen LogP contribution is 2.44. The molecule has 2 atom stereocenters. The Balaban J connectivity index is 1.62. The van der Waals surface area contributed by atoms with Gasteiger partial charge in [-0.1, -0.05) is 62.4 Å². The second-order valence-corrected chi connectivity index (χ2v) is 7.79. The molecule has 3 rings (SSSR count). The Morgan fingerprint density at radius 1 is 1.00 bits per heavy atom. The number of hydrogen-bond acceptors (Lipinski definition) is 5. The number of carboxylic acids is 1. The second kappa shape index (κ2) is 9.61. The van der Waals surface area contributed by atoms with Crippen LogP contribution < -0.4 is 10.6 Å². The number of carboxylic acid groups (broad SMARTS) is 1. The molecular weight excluding hydrogens is 400 g/mol. The lowest BCUT2D eigenvalue weighted by Gasteiger charge is -2.22. The third-order valence-electron chi connectivity index (χ3n) is 5.32. The normalized spacial score (nSPS) is 14.3. The van der Waals surface area contributed by atoms with Crippen molar-refractivity contribution < 1.29 is 29.3 Å². The standard InChI is InChI=1S/C23H26N2O6/c1-13(2)20(21(27)24-11-19(26)22(28)29)25-23(30)31-12-18-16-9-5-3-7-14(16)15-8-4-6-10-17(15)18/h3-10,13,18-20,26H,11-12H2,1-2H3,(H,24,27)(H,25,30)(H,28,29)/t19-,20+/m0/s1. The summed E-state index contributed by atoms with van der Waals surface area (Å²) in [5, 5.41) is 22.9. The Morgan fingerprint density at radius 3 is 2.06 bits per heavy atom. The van der Waals surface area contributed by atoms with Crippen LogP contribution in [0.5, 0.6) is 0 Å². The first-order chi connectivity index (χ1) is 14.8. The molecule has 164 valence electrons. The fourth-order valence-electron chi connectivity index (χ4n) is 3.70. The number of alkyl carbamates (subject to hydrolysis) is 1. The van der Waals surface area contributed by atoms with Crippen molar-refractivity contribution in [3.63, 3.8) is 0 Å². The van der Waals surface area contributed by atoms with Gasteiger partial charge in [-0.25, -0.2) is 9.59 Å². The monoisotopic (exact) mass is 426 g/mol. The van der Waals surface area contributed by atoms with Gasteiger partial charge in [0.1, 0.15) is 12.6 Å². The van der Waals surface area contributed by atoms with E-state index in [0.717, 1.165) is 22.3 Å². The van der Waals surface area contributed by atoms with Crippen molar-refractivity contribution >= 4 is 18.0 Å². The van der Waals surface area contributed by atoms with E-state index >= 15 is 0 Å². The van der Waals surface area contributed by atoms with E-state index in [2.05, 4.69) is 10.6 Å². The lowest BCUT2D eigenvalue weighted by molar-refractivity contribution is -0.146. The van der Waals surface area contributed by atoms with Crippen molar-refractivity contribution in [1.29, 1.82) is 0 Å². The number of carbonyl (C=O) groups is 3. The van der Waals surface area contributed by atoms with E-state index in [1.54, 1.807) is 13.8 Å². The van der Waals surface area contributed by atoms with Crippen molar-refractivity contribution in [3.05, 3.63) is 59.7 Å². The first kappa shape index (κ1) is 22.3. The fraction of sp³-hybridized carbons (Fsp3) is 0.348. The number of fused-ring (bicyclic) bond motifs is 3. The molecule has 2 amide bonds. The van der Waals surface area contributed by atoms with Gasteiger partial charge < -0.3 is 25.6 Å². The van der Waals surface area contributed by atoms with Gasteiger partial charge in [-0.05, 0) is 28.2 Å². The van der Waals surface area contributed by atoms with E-state index < -0.39 is 36.7 Å². The second-order valence-electron chi connectivity index (χ2n) is 7.79. The number of aliphatic hydroxyl groups is 1. The van der Waals surface area contributed by atoms with Gasteiger partial charge in [0.15, 0.2) is 6.10 Å².